The van der Waals surface area contributed by atoms with Crippen LogP contribution in [-0.4, -0.2) is 0 Å². The molecular weight excluding hydrogens is 1170 g/mol. The summed E-state index contributed by atoms with van der Waals surface area (Å²) in [6.07, 6.45) is 2.11. The van der Waals surface area contributed by atoms with Gasteiger partial charge in [-0.05, 0) is 207 Å². The van der Waals surface area contributed by atoms with E-state index in [1.54, 1.807) is 18.2 Å². The lowest BCUT2D eigenvalue weighted by atomic mass is 9.97. The summed E-state index contributed by atoms with van der Waals surface area (Å²) in [5.74, 6) is 0. The monoisotopic (exact) mass is 1280 g/mol. The molecule has 6 nitrogen and oxygen atoms in total. The van der Waals surface area contributed by atoms with Crippen molar-refractivity contribution in [3.8, 4) is 67.5 Å². The summed E-state index contributed by atoms with van der Waals surface area (Å²) in [4.78, 5) is 0. The van der Waals surface area contributed by atoms with Crippen LogP contribution >= 0.6 is 0 Å². The maximum Gasteiger partial charge on any atom is 0.215 e. The summed E-state index contributed by atoms with van der Waals surface area (Å²) in [6.45, 7) is 29.7. The first kappa shape index (κ1) is 64.9. The molecule has 0 aliphatic heterocycles. The fourth-order valence-corrected chi connectivity index (χ4v) is 12.1. The van der Waals surface area contributed by atoms with Gasteiger partial charge in [0.25, 0.3) is 0 Å². The SMILES string of the molecule is Cc1ccc(-c2cccc(C)[n+]2C)c(C)c1.Cc1ccc(C)c(-c2cccc(C)[n+]2C)c1.Cc1cccc(-c2cccc(C)[n+]2C)c1C.Cc1cccc(C)c1-c1c(C)ccc[n+]1C.[2H]C([2H])([2H])c1ccc(-c2cccc(C)[n+]2C)c(C)c1.[2H]C([2H])([2H])c1cccc(-c2cccc(C)[n+]2C)c1C. The molecule has 0 atom stereocenters. The molecule has 6 aromatic carbocycles. The van der Waals surface area contributed by atoms with Crippen LogP contribution in [0.3, 0.4) is 0 Å². The average Bonchev–Trinajstić information content (AvgIpc) is 0.832. The van der Waals surface area contributed by atoms with Gasteiger partial charge >= 0.3 is 0 Å². The molecule has 0 unspecified atom stereocenters. The molecule has 6 heterocycles. The molecule has 6 heteroatoms. The summed E-state index contributed by atoms with van der Waals surface area (Å²) >= 11 is 0. The molecule has 12 aromatic rings. The van der Waals surface area contributed by atoms with Gasteiger partial charge in [0, 0.05) is 143 Å². The highest BCUT2D eigenvalue weighted by Gasteiger charge is 2.20. The van der Waals surface area contributed by atoms with Gasteiger partial charge in [-0.25, -0.2) is 4.57 Å². The van der Waals surface area contributed by atoms with Gasteiger partial charge < -0.3 is 0 Å². The van der Waals surface area contributed by atoms with Crippen molar-refractivity contribution in [1.29, 1.82) is 0 Å². The summed E-state index contributed by atoms with van der Waals surface area (Å²) in [6, 6.07) is 72.6. The predicted molar refractivity (Wildman–Crippen MR) is 404 cm³/mol. The zero-order valence-corrected chi connectivity index (χ0v) is 61.5. The van der Waals surface area contributed by atoms with Crippen LogP contribution in [0.15, 0.2) is 219 Å². The number of pyridine rings is 6. The fraction of sp³-hybridized carbons (Fsp3) is 0.267. The first-order chi connectivity index (χ1) is 48.0. The van der Waals surface area contributed by atoms with E-state index in [0.717, 1.165) is 45.0 Å². The number of benzene rings is 6. The van der Waals surface area contributed by atoms with Gasteiger partial charge in [0.05, 0.1) is 5.56 Å². The molecule has 0 bridgehead atoms. The number of rotatable bonds is 6. The van der Waals surface area contributed by atoms with E-state index in [1.807, 2.05) is 83.4 Å². The predicted octanol–water partition coefficient (Wildman–Crippen LogP) is 18.6. The molecule has 6 aromatic heterocycles. The molecule has 12 rings (SSSR count). The van der Waals surface area contributed by atoms with Gasteiger partial charge in [-0.2, -0.15) is 22.8 Å². The standard InChI is InChI=1S/6C15H18N/c2*1-11-7-5-9-14(13(11)3)15-10-6-8-12(2)16(15)4;1-11-7-5-8-12(2)14(11)15-13(3)9-6-10-16(15)4;2*1-11-8-9-14(12(2)10-11)15-7-5-6-13(3)16(15)4;1-11-8-9-12(2)14(10-11)15-7-5-6-13(3)16(15)4/h6*5-10H,1-4H3/q6*+1/i1D3;;;1D3;;. The Hall–Kier alpha value is -9.78. The van der Waals surface area contributed by atoms with E-state index in [2.05, 4.69) is 297 Å². The maximum absolute atomic E-state index is 7.60. The van der Waals surface area contributed by atoms with Crippen molar-refractivity contribution in [2.75, 3.05) is 0 Å². The van der Waals surface area contributed by atoms with E-state index in [0.29, 0.717) is 11.1 Å². The van der Waals surface area contributed by atoms with Crippen LogP contribution in [0.5, 0.6) is 0 Å². The third-order valence-corrected chi connectivity index (χ3v) is 18.8. The lowest BCUT2D eigenvalue weighted by Crippen LogP contribution is -2.34. The largest absolute Gasteiger partial charge is 0.215 e. The molecule has 96 heavy (non-hydrogen) atoms. The van der Waals surface area contributed by atoms with Crippen LogP contribution in [0.4, 0.5) is 0 Å². The fourth-order valence-electron chi connectivity index (χ4n) is 12.1. The van der Waals surface area contributed by atoms with E-state index in [-0.39, 0.29) is 0 Å². The minimum absolute atomic E-state index is 0.393. The van der Waals surface area contributed by atoms with Crippen LogP contribution in [0.1, 0.15) is 109 Å². The van der Waals surface area contributed by atoms with Gasteiger partial charge in [-0.1, -0.05) is 95.6 Å². The summed E-state index contributed by atoms with van der Waals surface area (Å²) < 4.78 is 58.2. The molecule has 0 aliphatic rings. The Morgan fingerprint density at radius 2 is 0.573 bits per heavy atom. The highest BCUT2D eigenvalue weighted by molar-refractivity contribution is 5.69. The third kappa shape index (κ3) is 18.2. The Balaban J connectivity index is 0.000000172. The first-order valence-electron chi connectivity index (χ1n) is 36.3. The van der Waals surface area contributed by atoms with Crippen molar-refractivity contribution in [2.45, 2.75) is 124 Å². The lowest BCUT2D eigenvalue weighted by Gasteiger charge is -2.09. The highest BCUT2D eigenvalue weighted by Crippen LogP contribution is 2.29. The van der Waals surface area contributed by atoms with Crippen LogP contribution < -0.4 is 27.4 Å². The Morgan fingerprint density at radius 3 is 0.990 bits per heavy atom. The number of hydrogen-bond donors (Lipinski definition) is 0. The zero-order valence-electron chi connectivity index (χ0n) is 67.5. The van der Waals surface area contributed by atoms with Crippen LogP contribution in [0.25, 0.3) is 67.5 Å². The minimum atomic E-state index is -2.07. The second kappa shape index (κ2) is 33.6. The van der Waals surface area contributed by atoms with E-state index in [4.69, 9.17) is 8.22 Å². The molecule has 0 amide bonds. The minimum Gasteiger partial charge on any atom is -0.201 e. The average molecular weight is 1280 g/mol. The Labute approximate surface area is 586 Å². The molecular formula is C90H108N6+6. The molecule has 0 spiro atoms. The smallest absolute Gasteiger partial charge is 0.201 e. The Morgan fingerprint density at radius 1 is 0.240 bits per heavy atom. The third-order valence-electron chi connectivity index (χ3n) is 18.8. The number of hydrogen-bond acceptors (Lipinski definition) is 0. The van der Waals surface area contributed by atoms with E-state index in [9.17, 15) is 0 Å². The zero-order chi connectivity index (χ0) is 75.2. The number of aryl methyl sites for hydroxylation is 17. The second-order valence-corrected chi connectivity index (χ2v) is 25.9. The van der Waals surface area contributed by atoms with Crippen molar-refractivity contribution >= 4 is 0 Å². The molecule has 0 N–H and O–H groups in total. The molecule has 0 aliphatic carbocycles. The Kier molecular flexibility index (Phi) is 22.7. The summed E-state index contributed by atoms with van der Waals surface area (Å²) in [5.41, 5.74) is 35.4. The normalized spacial score (nSPS) is 11.7. The van der Waals surface area contributed by atoms with Gasteiger partial charge in [-0.3, -0.25) is 0 Å². The molecule has 0 radical (unpaired) electrons. The topological polar surface area (TPSA) is 23.3 Å². The quantitative estimate of drug-likeness (QED) is 0.148. The second-order valence-electron chi connectivity index (χ2n) is 25.9. The highest BCUT2D eigenvalue weighted by atomic mass is 15.0. The van der Waals surface area contributed by atoms with Crippen LogP contribution in [0, 0.1) is 124 Å². The molecule has 492 valence electrons. The lowest BCUT2D eigenvalue weighted by molar-refractivity contribution is -0.666. The number of aromatic nitrogens is 6. The van der Waals surface area contributed by atoms with Crippen molar-refractivity contribution < 1.29 is 35.6 Å². The van der Waals surface area contributed by atoms with Gasteiger partial charge in [0.1, 0.15) is 42.3 Å². The van der Waals surface area contributed by atoms with Crippen LogP contribution in [0.2, 0.25) is 0 Å². The van der Waals surface area contributed by atoms with E-state index >= 15 is 0 Å². The molecule has 0 fully saturated rings. The van der Waals surface area contributed by atoms with Crippen molar-refractivity contribution in [3.63, 3.8) is 0 Å². The van der Waals surface area contributed by atoms with E-state index < -0.39 is 13.7 Å². The van der Waals surface area contributed by atoms with Gasteiger partial charge in [0.2, 0.25) is 34.2 Å². The van der Waals surface area contributed by atoms with Crippen molar-refractivity contribution in [2.24, 2.45) is 42.3 Å². The summed E-state index contributed by atoms with van der Waals surface area (Å²) in [7, 11) is 12.5. The van der Waals surface area contributed by atoms with Gasteiger partial charge in [0.15, 0.2) is 34.7 Å². The molecule has 0 saturated carbocycles. The van der Waals surface area contributed by atoms with Crippen molar-refractivity contribution in [1.82, 2.24) is 0 Å². The summed E-state index contributed by atoms with van der Waals surface area (Å²) in [5, 5.41) is 0. The first-order valence-corrected chi connectivity index (χ1v) is 33.3. The maximum atomic E-state index is 7.60. The van der Waals surface area contributed by atoms with Crippen molar-refractivity contribution in [3.05, 3.63) is 319 Å². The Bertz CT molecular complexity index is 4740. The van der Waals surface area contributed by atoms with Crippen LogP contribution in [-0.2, 0) is 42.3 Å². The van der Waals surface area contributed by atoms with Gasteiger partial charge in [-0.15, -0.1) is 0 Å². The molecule has 0 saturated heterocycles. The number of nitrogens with zero attached hydrogens (tertiary/aromatic N) is 6. The van der Waals surface area contributed by atoms with E-state index in [1.165, 1.54) is 112 Å².